The van der Waals surface area contributed by atoms with Crippen LogP contribution in [0.5, 0.6) is 0 Å². The molecule has 2 nitrogen and oxygen atoms in total. The zero-order chi connectivity index (χ0) is 6.81. The van der Waals surface area contributed by atoms with Gasteiger partial charge in [-0.05, 0) is 18.2 Å². The van der Waals surface area contributed by atoms with E-state index in [9.17, 15) is 0 Å². The minimum atomic E-state index is 0.687. The molecule has 0 bridgehead atoms. The van der Waals surface area contributed by atoms with Gasteiger partial charge in [0, 0.05) is 11.9 Å². The molecule has 0 radical (unpaired) electrons. The van der Waals surface area contributed by atoms with Crippen LogP contribution in [0.3, 0.4) is 0 Å². The van der Waals surface area contributed by atoms with Gasteiger partial charge >= 0.3 is 0 Å². The number of fused-ring (bicyclic) bond motifs is 1. The van der Waals surface area contributed by atoms with E-state index in [2.05, 4.69) is 17.1 Å². The van der Waals surface area contributed by atoms with E-state index in [0.29, 0.717) is 6.73 Å². The fourth-order valence-electron chi connectivity index (χ4n) is 1.09. The second-order valence-electron chi connectivity index (χ2n) is 2.30. The summed E-state index contributed by atoms with van der Waals surface area (Å²) in [5.41, 5.74) is 1.24. The van der Waals surface area contributed by atoms with Gasteiger partial charge in [-0.25, -0.2) is 0 Å². The van der Waals surface area contributed by atoms with Crippen LogP contribution in [0.2, 0.25) is 0 Å². The van der Waals surface area contributed by atoms with E-state index in [4.69, 9.17) is 4.74 Å². The molecule has 2 aliphatic rings. The molecular weight excluding hydrogens is 126 g/mol. The van der Waals surface area contributed by atoms with Crippen LogP contribution in [0, 0.1) is 0 Å². The highest BCUT2D eigenvalue weighted by Crippen LogP contribution is 2.14. The maximum absolute atomic E-state index is 5.20. The number of hydrogen-bond donors (Lipinski definition) is 0. The van der Waals surface area contributed by atoms with Gasteiger partial charge in [0.15, 0.2) is 0 Å². The topological polar surface area (TPSA) is 12.5 Å². The molecule has 0 atom stereocenters. The number of nitrogens with zero attached hydrogens (tertiary/aromatic N) is 1. The van der Waals surface area contributed by atoms with Gasteiger partial charge in [-0.1, -0.05) is 6.08 Å². The van der Waals surface area contributed by atoms with Crippen LogP contribution in [0.4, 0.5) is 0 Å². The van der Waals surface area contributed by atoms with Crippen molar-refractivity contribution in [2.45, 2.75) is 0 Å². The van der Waals surface area contributed by atoms with E-state index in [0.717, 1.165) is 6.61 Å². The summed E-state index contributed by atoms with van der Waals surface area (Å²) in [5.74, 6) is 0. The minimum Gasteiger partial charge on any atom is -0.357 e. The Bertz CT molecular complexity index is 215. The van der Waals surface area contributed by atoms with Crippen molar-refractivity contribution in [3.63, 3.8) is 0 Å². The molecule has 0 saturated heterocycles. The monoisotopic (exact) mass is 135 g/mol. The van der Waals surface area contributed by atoms with E-state index in [-0.39, 0.29) is 0 Å². The van der Waals surface area contributed by atoms with Crippen LogP contribution in [-0.2, 0) is 4.74 Å². The molecule has 0 fully saturated rings. The van der Waals surface area contributed by atoms with Crippen molar-refractivity contribution in [2.75, 3.05) is 13.3 Å². The Morgan fingerprint density at radius 3 is 3.30 bits per heavy atom. The molecule has 10 heavy (non-hydrogen) atoms. The van der Waals surface area contributed by atoms with Crippen molar-refractivity contribution >= 4 is 0 Å². The number of ether oxygens (including phenoxy) is 1. The Kier molecular flexibility index (Phi) is 1.32. The van der Waals surface area contributed by atoms with Gasteiger partial charge < -0.3 is 9.64 Å². The van der Waals surface area contributed by atoms with Gasteiger partial charge in [0.1, 0.15) is 6.73 Å². The van der Waals surface area contributed by atoms with E-state index in [1.165, 1.54) is 5.70 Å². The second kappa shape index (κ2) is 2.31. The van der Waals surface area contributed by atoms with E-state index < -0.39 is 0 Å². The molecule has 2 heteroatoms. The fraction of sp³-hybridized carbons (Fsp3) is 0.250. The van der Waals surface area contributed by atoms with Crippen molar-refractivity contribution in [1.29, 1.82) is 0 Å². The second-order valence-corrected chi connectivity index (χ2v) is 2.30. The van der Waals surface area contributed by atoms with Gasteiger partial charge in [-0.2, -0.15) is 0 Å². The van der Waals surface area contributed by atoms with Gasteiger partial charge in [-0.15, -0.1) is 0 Å². The molecule has 0 spiro atoms. The largest absolute Gasteiger partial charge is 0.357 e. The van der Waals surface area contributed by atoms with Crippen molar-refractivity contribution in [3.05, 3.63) is 36.2 Å². The zero-order valence-electron chi connectivity index (χ0n) is 5.66. The van der Waals surface area contributed by atoms with Crippen molar-refractivity contribution in [1.82, 2.24) is 4.90 Å². The maximum Gasteiger partial charge on any atom is 0.123 e. The quantitative estimate of drug-likeness (QED) is 0.495. The van der Waals surface area contributed by atoms with Gasteiger partial charge in [0.25, 0.3) is 0 Å². The lowest BCUT2D eigenvalue weighted by Gasteiger charge is -2.26. The van der Waals surface area contributed by atoms with E-state index in [1.807, 2.05) is 18.4 Å². The third kappa shape index (κ3) is 0.866. The van der Waals surface area contributed by atoms with Crippen molar-refractivity contribution in [3.8, 4) is 0 Å². The molecule has 0 aromatic rings. The Labute approximate surface area is 60.1 Å². The molecule has 2 heterocycles. The lowest BCUT2D eigenvalue weighted by atomic mass is 10.2. The summed E-state index contributed by atoms with van der Waals surface area (Å²) < 4.78 is 5.20. The SMILES string of the molecule is C1=CC2=CCOCN2C=C1. The maximum atomic E-state index is 5.20. The molecule has 0 unspecified atom stereocenters. The third-order valence-electron chi connectivity index (χ3n) is 1.62. The predicted octanol–water partition coefficient (Wildman–Crippen LogP) is 1.24. The molecule has 2 aliphatic heterocycles. The van der Waals surface area contributed by atoms with Gasteiger partial charge in [0.2, 0.25) is 0 Å². The highest BCUT2D eigenvalue weighted by molar-refractivity contribution is 5.28. The van der Waals surface area contributed by atoms with Crippen LogP contribution < -0.4 is 0 Å². The standard InChI is InChI=1S/C8H9NO/c1-2-5-9-7-10-6-4-8(9)3-1/h1-5H,6-7H2. The number of rotatable bonds is 0. The highest BCUT2D eigenvalue weighted by atomic mass is 16.5. The normalized spacial score (nSPS) is 22.4. The molecule has 0 amide bonds. The third-order valence-corrected chi connectivity index (χ3v) is 1.62. The molecule has 0 N–H and O–H groups in total. The molecule has 0 aromatic carbocycles. The Hall–Kier alpha value is -1.02. The summed E-state index contributed by atoms with van der Waals surface area (Å²) in [6.45, 7) is 1.43. The van der Waals surface area contributed by atoms with E-state index in [1.54, 1.807) is 0 Å². The molecule has 52 valence electrons. The first-order chi connectivity index (χ1) is 4.97. The minimum absolute atomic E-state index is 0.687. The van der Waals surface area contributed by atoms with Gasteiger partial charge in [0.05, 0.1) is 6.61 Å². The van der Waals surface area contributed by atoms with Crippen LogP contribution >= 0.6 is 0 Å². The Balaban J connectivity index is 2.27. The lowest BCUT2D eigenvalue weighted by Crippen LogP contribution is -2.24. The summed E-state index contributed by atoms with van der Waals surface area (Å²) in [7, 11) is 0. The summed E-state index contributed by atoms with van der Waals surface area (Å²) in [6, 6.07) is 0. The molecule has 0 aromatic heterocycles. The summed E-state index contributed by atoms with van der Waals surface area (Å²) in [4.78, 5) is 2.07. The molecule has 2 rings (SSSR count). The highest BCUT2D eigenvalue weighted by Gasteiger charge is 2.09. The van der Waals surface area contributed by atoms with Crippen LogP contribution in [0.25, 0.3) is 0 Å². The first-order valence-electron chi connectivity index (χ1n) is 3.36. The fourth-order valence-corrected chi connectivity index (χ4v) is 1.09. The Morgan fingerprint density at radius 1 is 1.40 bits per heavy atom. The molecular formula is C8H9NO. The average Bonchev–Trinajstić information content (AvgIpc) is 2.05. The zero-order valence-corrected chi connectivity index (χ0v) is 5.66. The first kappa shape index (κ1) is 5.74. The Morgan fingerprint density at radius 2 is 2.40 bits per heavy atom. The van der Waals surface area contributed by atoms with Crippen molar-refractivity contribution < 1.29 is 4.74 Å². The summed E-state index contributed by atoms with van der Waals surface area (Å²) in [5, 5.41) is 0. The predicted molar refractivity (Wildman–Crippen MR) is 39.0 cm³/mol. The van der Waals surface area contributed by atoms with Crippen LogP contribution in [0.15, 0.2) is 36.2 Å². The smallest absolute Gasteiger partial charge is 0.123 e. The first-order valence-corrected chi connectivity index (χ1v) is 3.36. The lowest BCUT2D eigenvalue weighted by molar-refractivity contribution is 0.0747. The van der Waals surface area contributed by atoms with Crippen LogP contribution in [-0.4, -0.2) is 18.2 Å². The van der Waals surface area contributed by atoms with Crippen molar-refractivity contribution in [2.24, 2.45) is 0 Å². The molecule has 0 aliphatic carbocycles. The van der Waals surface area contributed by atoms with E-state index >= 15 is 0 Å². The average molecular weight is 135 g/mol. The summed E-state index contributed by atoms with van der Waals surface area (Å²) in [6.07, 6.45) is 10.2. The number of allylic oxidation sites excluding steroid dienone is 3. The van der Waals surface area contributed by atoms with Gasteiger partial charge in [-0.3, -0.25) is 0 Å². The summed E-state index contributed by atoms with van der Waals surface area (Å²) >= 11 is 0. The molecule has 0 saturated carbocycles. The van der Waals surface area contributed by atoms with Crippen LogP contribution in [0.1, 0.15) is 0 Å². The number of hydrogen-bond acceptors (Lipinski definition) is 2.